The first kappa shape index (κ1) is 18.4. The maximum Gasteiger partial charge on any atom is 0.244 e. The first-order valence-corrected chi connectivity index (χ1v) is 10.2. The molecule has 4 bridgehead atoms. The normalized spacial score (nSPS) is 32.5. The molecule has 1 N–H and O–H groups in total. The zero-order chi connectivity index (χ0) is 19.0. The van der Waals surface area contributed by atoms with Gasteiger partial charge >= 0.3 is 0 Å². The molecule has 0 aliphatic heterocycles. The fourth-order valence-corrected chi connectivity index (χ4v) is 6.25. The van der Waals surface area contributed by atoms with Crippen LogP contribution in [0.25, 0.3) is 6.08 Å². The van der Waals surface area contributed by atoms with E-state index in [9.17, 15) is 4.79 Å². The van der Waals surface area contributed by atoms with E-state index in [1.807, 2.05) is 24.3 Å². The van der Waals surface area contributed by atoms with Gasteiger partial charge in [0.1, 0.15) is 0 Å². The summed E-state index contributed by atoms with van der Waals surface area (Å²) in [7, 11) is 3.23. The number of benzene rings is 1. The highest BCUT2D eigenvalue weighted by Crippen LogP contribution is 2.61. The number of carbonyl (C=O) groups excluding carboxylic acids is 1. The molecule has 0 saturated heterocycles. The van der Waals surface area contributed by atoms with Gasteiger partial charge in [-0.25, -0.2) is 0 Å². The second kappa shape index (κ2) is 7.21. The average molecular weight is 370 g/mol. The Kier molecular flexibility index (Phi) is 4.92. The van der Waals surface area contributed by atoms with Gasteiger partial charge in [-0.15, -0.1) is 0 Å². The summed E-state index contributed by atoms with van der Waals surface area (Å²) in [5, 5.41) is 3.28. The van der Waals surface area contributed by atoms with E-state index in [2.05, 4.69) is 12.2 Å². The quantitative estimate of drug-likeness (QED) is 0.754. The van der Waals surface area contributed by atoms with Gasteiger partial charge in [-0.3, -0.25) is 4.79 Å². The molecule has 5 rings (SSSR count). The van der Waals surface area contributed by atoms with Crippen molar-refractivity contribution in [1.29, 1.82) is 0 Å². The molecule has 1 amide bonds. The van der Waals surface area contributed by atoms with Crippen LogP contribution in [-0.4, -0.2) is 26.2 Å². The lowest BCUT2D eigenvalue weighted by Crippen LogP contribution is -2.55. The van der Waals surface area contributed by atoms with Crippen molar-refractivity contribution < 1.29 is 14.3 Å². The van der Waals surface area contributed by atoms with Gasteiger partial charge in [-0.2, -0.15) is 0 Å². The predicted molar refractivity (Wildman–Crippen MR) is 107 cm³/mol. The van der Waals surface area contributed by atoms with Crippen LogP contribution in [0.4, 0.5) is 0 Å². The lowest BCUT2D eigenvalue weighted by atomic mass is 9.48. The van der Waals surface area contributed by atoms with Gasteiger partial charge < -0.3 is 14.8 Å². The van der Waals surface area contributed by atoms with Crippen molar-refractivity contribution in [2.24, 2.45) is 23.2 Å². The summed E-state index contributed by atoms with van der Waals surface area (Å²) in [6, 6.07) is 5.90. The molecular formula is C23H31NO3. The maximum atomic E-state index is 12.5. The Morgan fingerprint density at radius 3 is 2.22 bits per heavy atom. The molecule has 0 spiro atoms. The molecule has 4 aliphatic rings. The minimum absolute atomic E-state index is 0.00645. The van der Waals surface area contributed by atoms with Gasteiger partial charge in [0.2, 0.25) is 5.91 Å². The van der Waals surface area contributed by atoms with Crippen molar-refractivity contribution in [3.63, 3.8) is 0 Å². The van der Waals surface area contributed by atoms with E-state index < -0.39 is 0 Å². The first-order valence-electron chi connectivity index (χ1n) is 10.2. The van der Waals surface area contributed by atoms with Crippen molar-refractivity contribution in [1.82, 2.24) is 5.32 Å². The van der Waals surface area contributed by atoms with Crippen LogP contribution in [-0.2, 0) is 4.79 Å². The molecule has 1 aromatic rings. The van der Waals surface area contributed by atoms with Crippen molar-refractivity contribution in [2.75, 3.05) is 14.2 Å². The lowest BCUT2D eigenvalue weighted by Gasteiger charge is -2.59. The number of rotatable bonds is 6. The highest BCUT2D eigenvalue weighted by Gasteiger charge is 2.53. The van der Waals surface area contributed by atoms with Gasteiger partial charge in [0.15, 0.2) is 11.5 Å². The summed E-state index contributed by atoms with van der Waals surface area (Å²) >= 11 is 0. The zero-order valence-corrected chi connectivity index (χ0v) is 16.7. The van der Waals surface area contributed by atoms with Crippen LogP contribution < -0.4 is 14.8 Å². The second-order valence-electron chi connectivity index (χ2n) is 8.96. The SMILES string of the molecule is COc1ccc(/C=C/C(=O)N[C@H](C)C23CC4CC(CC(C4)C2)C3)cc1OC. The van der Waals surface area contributed by atoms with Crippen LogP contribution in [0, 0.1) is 23.2 Å². The number of carbonyl (C=O) groups is 1. The average Bonchev–Trinajstić information content (AvgIpc) is 2.65. The third kappa shape index (κ3) is 3.59. The Morgan fingerprint density at radius 1 is 1.07 bits per heavy atom. The largest absolute Gasteiger partial charge is 0.493 e. The second-order valence-corrected chi connectivity index (χ2v) is 8.96. The van der Waals surface area contributed by atoms with Crippen LogP contribution >= 0.6 is 0 Å². The summed E-state index contributed by atoms with van der Waals surface area (Å²) in [6.45, 7) is 2.22. The van der Waals surface area contributed by atoms with Crippen molar-refractivity contribution in [3.05, 3.63) is 29.8 Å². The monoisotopic (exact) mass is 369 g/mol. The topological polar surface area (TPSA) is 47.6 Å². The van der Waals surface area contributed by atoms with Crippen LogP contribution in [0.2, 0.25) is 0 Å². The fraction of sp³-hybridized carbons (Fsp3) is 0.609. The Morgan fingerprint density at radius 2 is 1.67 bits per heavy atom. The Labute approximate surface area is 162 Å². The van der Waals surface area contributed by atoms with E-state index in [4.69, 9.17) is 9.47 Å². The molecule has 0 aromatic heterocycles. The minimum Gasteiger partial charge on any atom is -0.493 e. The first-order chi connectivity index (χ1) is 13.0. The van der Waals surface area contributed by atoms with Gasteiger partial charge in [0.05, 0.1) is 14.2 Å². The maximum absolute atomic E-state index is 12.5. The third-order valence-electron chi connectivity index (χ3n) is 7.20. The molecule has 0 heterocycles. The summed E-state index contributed by atoms with van der Waals surface area (Å²) in [4.78, 5) is 12.5. The highest BCUT2D eigenvalue weighted by molar-refractivity contribution is 5.92. The Hall–Kier alpha value is -1.97. The number of hydrogen-bond donors (Lipinski definition) is 1. The number of methoxy groups -OCH3 is 2. The smallest absolute Gasteiger partial charge is 0.244 e. The van der Waals surface area contributed by atoms with Crippen LogP contribution in [0.15, 0.2) is 24.3 Å². The number of nitrogens with one attached hydrogen (secondary N) is 1. The van der Waals surface area contributed by atoms with E-state index in [0.717, 1.165) is 23.3 Å². The minimum atomic E-state index is -0.00645. The molecule has 146 valence electrons. The molecule has 4 nitrogen and oxygen atoms in total. The van der Waals surface area contributed by atoms with E-state index in [0.29, 0.717) is 16.9 Å². The lowest BCUT2D eigenvalue weighted by molar-refractivity contribution is -0.121. The summed E-state index contributed by atoms with van der Waals surface area (Å²) < 4.78 is 10.6. The van der Waals surface area contributed by atoms with Crippen LogP contribution in [0.5, 0.6) is 11.5 Å². The summed E-state index contributed by atoms with van der Waals surface area (Å²) in [5.41, 5.74) is 1.26. The van der Waals surface area contributed by atoms with E-state index in [1.165, 1.54) is 38.5 Å². The van der Waals surface area contributed by atoms with E-state index in [-0.39, 0.29) is 11.9 Å². The van der Waals surface area contributed by atoms with Crippen molar-refractivity contribution in [2.45, 2.75) is 51.5 Å². The molecular weight excluding hydrogens is 338 g/mol. The number of hydrogen-bond acceptors (Lipinski definition) is 3. The Bertz CT molecular complexity index is 704. The molecule has 4 aliphatic carbocycles. The predicted octanol–water partition coefficient (Wildman–Crippen LogP) is 4.44. The van der Waals surface area contributed by atoms with E-state index in [1.54, 1.807) is 20.3 Å². The number of ether oxygens (including phenoxy) is 2. The molecule has 27 heavy (non-hydrogen) atoms. The van der Waals surface area contributed by atoms with Gasteiger partial charge in [-0.1, -0.05) is 6.07 Å². The summed E-state index contributed by atoms with van der Waals surface area (Å²) in [6.07, 6.45) is 11.7. The molecule has 4 saturated carbocycles. The zero-order valence-electron chi connectivity index (χ0n) is 16.7. The molecule has 4 heteroatoms. The molecule has 0 radical (unpaired) electrons. The van der Waals surface area contributed by atoms with Crippen molar-refractivity contribution in [3.8, 4) is 11.5 Å². The third-order valence-corrected chi connectivity index (χ3v) is 7.20. The van der Waals surface area contributed by atoms with Crippen LogP contribution in [0.3, 0.4) is 0 Å². The van der Waals surface area contributed by atoms with Gasteiger partial charge in [0.25, 0.3) is 0 Å². The van der Waals surface area contributed by atoms with Crippen LogP contribution in [0.1, 0.15) is 51.0 Å². The van der Waals surface area contributed by atoms with Crippen molar-refractivity contribution >= 4 is 12.0 Å². The highest BCUT2D eigenvalue weighted by atomic mass is 16.5. The molecule has 0 unspecified atom stereocenters. The van der Waals surface area contributed by atoms with Gasteiger partial charge in [0, 0.05) is 12.1 Å². The molecule has 1 aromatic carbocycles. The standard InChI is InChI=1S/C23H31NO3/c1-15(23-12-17-8-18(13-23)10-19(9-17)14-23)24-22(25)7-5-16-4-6-20(26-2)21(11-16)27-3/h4-7,11,15,17-19H,8-10,12-14H2,1-3H3,(H,24,25)/b7-5+/t15-,17?,18?,19?,23?/m1/s1. The summed E-state index contributed by atoms with van der Waals surface area (Å²) in [5.74, 6) is 4.05. The molecule has 1 atom stereocenters. The van der Waals surface area contributed by atoms with Gasteiger partial charge in [-0.05, 0) is 92.4 Å². The number of amides is 1. The molecule has 4 fully saturated rings. The fourth-order valence-electron chi connectivity index (χ4n) is 6.25. The van der Waals surface area contributed by atoms with E-state index >= 15 is 0 Å². The Balaban J connectivity index is 1.40.